The molecule has 0 N–H and O–H groups in total. The van der Waals surface area contributed by atoms with Gasteiger partial charge in [0.15, 0.2) is 9.84 Å². The maximum Gasteiger partial charge on any atom is 0.388 e. The minimum atomic E-state index is -3.18. The average Bonchev–Trinajstić information content (AvgIpc) is 2.16. The largest absolute Gasteiger partial charge is 0.388 e. The smallest absolute Gasteiger partial charge is 0.304 e. The van der Waals surface area contributed by atoms with E-state index in [2.05, 4.69) is 0 Å². The third-order valence-electron chi connectivity index (χ3n) is 1.68. The summed E-state index contributed by atoms with van der Waals surface area (Å²) >= 11 is 0.921. The Morgan fingerprint density at radius 2 is 1.80 bits per heavy atom. The van der Waals surface area contributed by atoms with Crippen LogP contribution >= 0.6 is 18.2 Å². The molecule has 8 heteroatoms. The molecule has 0 aromatic carbocycles. The molecule has 0 radical (unpaired) electrons. The summed E-state index contributed by atoms with van der Waals surface area (Å²) in [6, 6.07) is 0. The first kappa shape index (κ1) is 15.4. The molecule has 0 aliphatic rings. The fraction of sp³-hybridized carbons (Fsp3) is 1.00. The molecule has 0 saturated carbocycles. The van der Waals surface area contributed by atoms with Gasteiger partial charge in [-0.05, 0) is 11.4 Å². The molecule has 0 rings (SSSR count). The monoisotopic (exact) mass is 276 g/mol. The SMILES string of the molecule is CCS(=O)(=O)CC(C)SP(=O)(OC)OC. The molecule has 0 bridgehead atoms. The number of hydrogen-bond acceptors (Lipinski definition) is 6. The van der Waals surface area contributed by atoms with Crippen molar-refractivity contribution in [3.63, 3.8) is 0 Å². The quantitative estimate of drug-likeness (QED) is 0.662. The van der Waals surface area contributed by atoms with Crippen molar-refractivity contribution in [1.29, 1.82) is 0 Å². The molecule has 0 fully saturated rings. The second-order valence-electron chi connectivity index (χ2n) is 2.93. The zero-order valence-electron chi connectivity index (χ0n) is 9.30. The lowest BCUT2D eigenvalue weighted by molar-refractivity contribution is 0.295. The molecule has 5 nitrogen and oxygen atoms in total. The van der Waals surface area contributed by atoms with Gasteiger partial charge in [-0.1, -0.05) is 13.8 Å². The Morgan fingerprint density at radius 3 is 2.13 bits per heavy atom. The standard InChI is InChI=1S/C7H17O5PS2/c1-5-15(9,10)6-7(2)14-13(8,11-3)12-4/h7H,5-6H2,1-4H3. The van der Waals surface area contributed by atoms with Crippen LogP contribution in [0, 0.1) is 0 Å². The van der Waals surface area contributed by atoms with Crippen LogP contribution in [0.5, 0.6) is 0 Å². The lowest BCUT2D eigenvalue weighted by atomic mass is 10.6. The summed E-state index contributed by atoms with van der Waals surface area (Å²) in [7, 11) is -0.508. The normalized spacial score (nSPS) is 15.2. The first-order valence-electron chi connectivity index (χ1n) is 4.39. The molecule has 0 saturated heterocycles. The van der Waals surface area contributed by atoms with Crippen molar-refractivity contribution in [3.05, 3.63) is 0 Å². The maximum atomic E-state index is 11.7. The van der Waals surface area contributed by atoms with Gasteiger partial charge in [-0.2, -0.15) is 0 Å². The van der Waals surface area contributed by atoms with E-state index in [9.17, 15) is 13.0 Å². The van der Waals surface area contributed by atoms with Gasteiger partial charge in [0.25, 0.3) is 0 Å². The summed E-state index contributed by atoms with van der Waals surface area (Å²) < 4.78 is 43.6. The second-order valence-corrected chi connectivity index (χ2v) is 9.94. The fourth-order valence-corrected chi connectivity index (χ4v) is 5.85. The summed E-state index contributed by atoms with van der Waals surface area (Å²) in [6.07, 6.45) is 0. The van der Waals surface area contributed by atoms with E-state index in [0.717, 1.165) is 11.4 Å². The predicted octanol–water partition coefficient (Wildman–Crippen LogP) is 1.94. The molecule has 0 spiro atoms. The molecule has 92 valence electrons. The van der Waals surface area contributed by atoms with Crippen LogP contribution in [0.3, 0.4) is 0 Å². The molecule has 0 aromatic heterocycles. The van der Waals surface area contributed by atoms with Crippen LogP contribution in [-0.2, 0) is 23.4 Å². The Hall–Kier alpha value is 0.450. The molecule has 0 amide bonds. The third-order valence-corrected chi connectivity index (χ3v) is 8.21. The van der Waals surface area contributed by atoms with Crippen LogP contribution in [0.1, 0.15) is 13.8 Å². The van der Waals surface area contributed by atoms with E-state index >= 15 is 0 Å². The summed E-state index contributed by atoms with van der Waals surface area (Å²) in [5.41, 5.74) is 0. The van der Waals surface area contributed by atoms with E-state index in [1.54, 1.807) is 13.8 Å². The summed E-state index contributed by atoms with van der Waals surface area (Å²) in [6.45, 7) is 0.0838. The van der Waals surface area contributed by atoms with Crippen molar-refractivity contribution < 1.29 is 22.0 Å². The van der Waals surface area contributed by atoms with E-state index < -0.39 is 16.6 Å². The number of rotatable bonds is 7. The van der Waals surface area contributed by atoms with E-state index in [1.807, 2.05) is 0 Å². The van der Waals surface area contributed by atoms with Crippen molar-refractivity contribution in [2.24, 2.45) is 0 Å². The molecule has 0 aliphatic heterocycles. The molecular formula is C7H17O5PS2. The van der Waals surface area contributed by atoms with E-state index in [0.29, 0.717) is 0 Å². The predicted molar refractivity (Wildman–Crippen MR) is 63.0 cm³/mol. The minimum absolute atomic E-state index is 0.0229. The lowest BCUT2D eigenvalue weighted by Crippen LogP contribution is -2.17. The van der Waals surface area contributed by atoms with E-state index in [4.69, 9.17) is 9.05 Å². The zero-order chi connectivity index (χ0) is 12.1. The van der Waals surface area contributed by atoms with Crippen molar-refractivity contribution in [1.82, 2.24) is 0 Å². The number of sulfone groups is 1. The highest BCUT2D eigenvalue weighted by Crippen LogP contribution is 2.61. The summed E-state index contributed by atoms with van der Waals surface area (Å²) in [5.74, 6) is 0.0625. The molecule has 0 aliphatic carbocycles. The molecule has 0 aromatic rings. The van der Waals surface area contributed by atoms with Gasteiger partial charge in [-0.15, -0.1) is 0 Å². The van der Waals surface area contributed by atoms with Gasteiger partial charge >= 0.3 is 6.80 Å². The summed E-state index contributed by atoms with van der Waals surface area (Å²) in [5, 5.41) is -0.319. The van der Waals surface area contributed by atoms with Crippen LogP contribution in [0.15, 0.2) is 0 Å². The van der Waals surface area contributed by atoms with Gasteiger partial charge in [0, 0.05) is 25.2 Å². The zero-order valence-corrected chi connectivity index (χ0v) is 11.8. The lowest BCUT2D eigenvalue weighted by Gasteiger charge is -2.16. The minimum Gasteiger partial charge on any atom is -0.304 e. The Balaban J connectivity index is 4.38. The van der Waals surface area contributed by atoms with Crippen LogP contribution in [0.2, 0.25) is 0 Å². The second kappa shape index (κ2) is 6.25. The van der Waals surface area contributed by atoms with Gasteiger partial charge in [-0.25, -0.2) is 13.0 Å². The molecule has 0 heterocycles. The van der Waals surface area contributed by atoms with Gasteiger partial charge in [0.2, 0.25) is 0 Å². The van der Waals surface area contributed by atoms with E-state index in [-0.39, 0.29) is 16.8 Å². The van der Waals surface area contributed by atoms with Crippen molar-refractivity contribution in [2.45, 2.75) is 19.1 Å². The molecule has 1 unspecified atom stereocenters. The molecule has 1 atom stereocenters. The third kappa shape index (κ3) is 5.92. The van der Waals surface area contributed by atoms with Gasteiger partial charge in [0.05, 0.1) is 5.75 Å². The topological polar surface area (TPSA) is 69.7 Å². The Morgan fingerprint density at radius 1 is 1.33 bits per heavy atom. The Labute approximate surface area is 95.1 Å². The summed E-state index contributed by atoms with van der Waals surface area (Å²) in [4.78, 5) is 0. The van der Waals surface area contributed by atoms with E-state index in [1.165, 1.54) is 14.2 Å². The highest BCUT2D eigenvalue weighted by molar-refractivity contribution is 8.55. The molecular weight excluding hydrogens is 259 g/mol. The van der Waals surface area contributed by atoms with Crippen LogP contribution in [0.25, 0.3) is 0 Å². The first-order valence-corrected chi connectivity index (χ1v) is 9.23. The van der Waals surface area contributed by atoms with Crippen LogP contribution in [0.4, 0.5) is 0 Å². The maximum absolute atomic E-state index is 11.7. The van der Waals surface area contributed by atoms with Crippen molar-refractivity contribution in [3.8, 4) is 0 Å². The fourth-order valence-electron chi connectivity index (χ4n) is 0.887. The Kier molecular flexibility index (Phi) is 6.44. The molecule has 15 heavy (non-hydrogen) atoms. The van der Waals surface area contributed by atoms with Crippen molar-refractivity contribution in [2.75, 3.05) is 25.7 Å². The van der Waals surface area contributed by atoms with Gasteiger partial charge in [-0.3, -0.25) is 0 Å². The average molecular weight is 276 g/mol. The van der Waals surface area contributed by atoms with Crippen LogP contribution in [-0.4, -0.2) is 39.4 Å². The Bertz CT molecular complexity index is 318. The first-order chi connectivity index (χ1) is 6.78. The van der Waals surface area contributed by atoms with Gasteiger partial charge < -0.3 is 9.05 Å². The highest BCUT2D eigenvalue weighted by Gasteiger charge is 2.27. The highest BCUT2D eigenvalue weighted by atomic mass is 32.7. The van der Waals surface area contributed by atoms with Gasteiger partial charge in [0.1, 0.15) is 0 Å². The van der Waals surface area contributed by atoms with Crippen LogP contribution < -0.4 is 0 Å². The van der Waals surface area contributed by atoms with Crippen molar-refractivity contribution >= 4 is 28.0 Å². The number of hydrogen-bond donors (Lipinski definition) is 0.